The normalized spacial score (nSPS) is 15.6. The van der Waals surface area contributed by atoms with Crippen LogP contribution >= 0.6 is 0 Å². The van der Waals surface area contributed by atoms with E-state index in [9.17, 15) is 18.0 Å². The molecule has 1 aromatic heterocycles. The average molecular weight is 415 g/mol. The number of rotatable bonds is 2. The van der Waals surface area contributed by atoms with Crippen LogP contribution in [0, 0.1) is 0 Å². The van der Waals surface area contributed by atoms with Crippen LogP contribution in [0.2, 0.25) is 0 Å². The number of aromatic amines is 1. The van der Waals surface area contributed by atoms with Crippen LogP contribution in [0.4, 0.5) is 18.0 Å². The van der Waals surface area contributed by atoms with Crippen molar-refractivity contribution in [1.82, 2.24) is 14.9 Å². The number of H-pyrrole nitrogens is 1. The van der Waals surface area contributed by atoms with Crippen molar-refractivity contribution in [3.8, 4) is 0 Å². The molecule has 2 heterocycles. The maximum atomic E-state index is 13.4. The van der Waals surface area contributed by atoms with Gasteiger partial charge in [0.1, 0.15) is 6.61 Å². The van der Waals surface area contributed by atoms with E-state index in [2.05, 4.69) is 9.97 Å². The third kappa shape index (κ3) is 5.70. The van der Waals surface area contributed by atoms with Crippen LogP contribution in [0.3, 0.4) is 0 Å². The van der Waals surface area contributed by atoms with Gasteiger partial charge in [0, 0.05) is 18.7 Å². The van der Waals surface area contributed by atoms with Crippen LogP contribution in [0.25, 0.3) is 0 Å². The van der Waals surface area contributed by atoms with Gasteiger partial charge in [-0.05, 0) is 5.56 Å². The molecule has 0 fully saturated rings. The number of carbonyl (C=O) groups excluding carboxylic acids is 1. The number of carboxylic acid groups (broad SMARTS) is 2. The Balaban J connectivity index is 0.000000438. The largest absolute Gasteiger partial charge is 0.473 e. The molecule has 1 aromatic carbocycles. The summed E-state index contributed by atoms with van der Waals surface area (Å²) in [6.07, 6.45) is -4.12. The lowest BCUT2D eigenvalue weighted by atomic mass is 10.0. The van der Waals surface area contributed by atoms with Gasteiger partial charge < -0.3 is 19.9 Å². The highest BCUT2D eigenvalue weighted by atomic mass is 19.4. The van der Waals surface area contributed by atoms with Crippen molar-refractivity contribution in [2.45, 2.75) is 25.2 Å². The van der Waals surface area contributed by atoms with Crippen molar-refractivity contribution in [2.24, 2.45) is 0 Å². The van der Waals surface area contributed by atoms with Crippen LogP contribution in [0.15, 0.2) is 36.7 Å². The van der Waals surface area contributed by atoms with Crippen molar-refractivity contribution in [3.05, 3.63) is 53.6 Å². The molecule has 0 bridgehead atoms. The summed E-state index contributed by atoms with van der Waals surface area (Å²) in [5, 5.41) is 14.8. The summed E-state index contributed by atoms with van der Waals surface area (Å²) < 4.78 is 45.1. The number of amides is 1. The number of hydrogen-bond donors (Lipinski definition) is 3. The molecule has 0 aliphatic carbocycles. The Labute approximate surface area is 161 Å². The molecule has 1 unspecified atom stereocenters. The van der Waals surface area contributed by atoms with Crippen molar-refractivity contribution in [1.29, 1.82) is 0 Å². The third-order valence-electron chi connectivity index (χ3n) is 3.86. The number of nitrogens with one attached hydrogen (secondary N) is 1. The average Bonchev–Trinajstić information content (AvgIpc) is 3.14. The van der Waals surface area contributed by atoms with Crippen LogP contribution in [-0.2, 0) is 27.4 Å². The molecule has 156 valence electrons. The number of fused-ring (bicyclic) bond motifs is 1. The van der Waals surface area contributed by atoms with E-state index in [1.807, 2.05) is 0 Å². The minimum absolute atomic E-state index is 0.0752. The van der Waals surface area contributed by atoms with E-state index in [0.717, 1.165) is 0 Å². The van der Waals surface area contributed by atoms with E-state index in [-0.39, 0.29) is 25.3 Å². The van der Waals surface area contributed by atoms with Crippen LogP contribution < -0.4 is 0 Å². The number of aromatic nitrogens is 2. The summed E-state index contributed by atoms with van der Waals surface area (Å²) in [6, 6.07) is 6.71. The first-order chi connectivity index (χ1) is 13.6. The number of imidazole rings is 1. The first-order valence-electron chi connectivity index (χ1n) is 8.13. The summed E-state index contributed by atoms with van der Waals surface area (Å²) in [7, 11) is 0. The Morgan fingerprint density at radius 2 is 1.79 bits per heavy atom. The maximum absolute atomic E-state index is 13.4. The first-order valence-corrected chi connectivity index (χ1v) is 8.13. The van der Waals surface area contributed by atoms with Gasteiger partial charge in [0.25, 0.3) is 0 Å². The zero-order chi connectivity index (χ0) is 21.6. The van der Waals surface area contributed by atoms with Crippen molar-refractivity contribution >= 4 is 18.0 Å². The van der Waals surface area contributed by atoms with Gasteiger partial charge in [0.05, 0.1) is 12.0 Å². The minimum atomic E-state index is -4.61. The maximum Gasteiger partial charge on any atom is 0.414 e. The minimum Gasteiger partial charge on any atom is -0.473 e. The Kier molecular flexibility index (Phi) is 6.80. The summed E-state index contributed by atoms with van der Waals surface area (Å²) in [6.45, 7) is -0.152. The van der Waals surface area contributed by atoms with Crippen molar-refractivity contribution < 1.29 is 42.5 Å². The molecule has 1 amide bonds. The smallest absolute Gasteiger partial charge is 0.414 e. The number of alkyl halides is 3. The van der Waals surface area contributed by atoms with Gasteiger partial charge >= 0.3 is 24.2 Å². The molecule has 3 rings (SSSR count). The molecule has 0 saturated heterocycles. The molecule has 3 N–H and O–H groups in total. The van der Waals surface area contributed by atoms with Crippen LogP contribution in [-0.4, -0.2) is 55.8 Å². The molecular formula is C17H16F3N3O6. The zero-order valence-electron chi connectivity index (χ0n) is 14.7. The van der Waals surface area contributed by atoms with Crippen LogP contribution in [0.1, 0.15) is 23.0 Å². The second-order valence-corrected chi connectivity index (χ2v) is 5.80. The summed E-state index contributed by atoms with van der Waals surface area (Å²) in [5.41, 5.74) is 0.946. The number of hydrogen-bond acceptors (Lipinski definition) is 5. The molecular weight excluding hydrogens is 399 g/mol. The Morgan fingerprint density at radius 1 is 1.17 bits per heavy atom. The fraction of sp³-hybridized carbons (Fsp3) is 0.294. The lowest BCUT2D eigenvalue weighted by molar-refractivity contribution is -0.184. The molecule has 12 heteroatoms. The molecule has 29 heavy (non-hydrogen) atoms. The third-order valence-corrected chi connectivity index (χ3v) is 3.86. The standard InChI is InChI=1S/C15H14F3N3O2.C2H2O4/c16-15(17,18)13-12-11(19-9-20-12)6-7-21(13)14(22)23-8-10-4-2-1-3-5-10;3-1(4)2(5)6/h1-5,9,13H,6-8H2,(H,19,20);(H,3,4)(H,5,6). The summed E-state index contributed by atoms with van der Waals surface area (Å²) in [5.74, 6) is -3.65. The number of carboxylic acids is 2. The first kappa shape index (κ1) is 21.7. The number of benzene rings is 1. The van der Waals surface area contributed by atoms with E-state index >= 15 is 0 Å². The van der Waals surface area contributed by atoms with Gasteiger partial charge in [0.15, 0.2) is 6.04 Å². The van der Waals surface area contributed by atoms with Gasteiger partial charge in [-0.1, -0.05) is 30.3 Å². The topological polar surface area (TPSA) is 133 Å². The van der Waals surface area contributed by atoms with E-state index in [1.54, 1.807) is 30.3 Å². The molecule has 0 saturated carbocycles. The molecule has 1 atom stereocenters. The SMILES string of the molecule is O=C(O)C(=O)O.O=C(OCc1ccccc1)N1CCc2[nH]cnc2C1C(F)(F)F. The molecule has 2 aromatic rings. The number of ether oxygens (including phenoxy) is 1. The van der Waals surface area contributed by atoms with Gasteiger partial charge in [-0.2, -0.15) is 13.2 Å². The van der Waals surface area contributed by atoms with Gasteiger partial charge in [0.2, 0.25) is 0 Å². The van der Waals surface area contributed by atoms with Gasteiger partial charge in [-0.25, -0.2) is 19.4 Å². The highest BCUT2D eigenvalue weighted by Crippen LogP contribution is 2.40. The monoisotopic (exact) mass is 415 g/mol. The van der Waals surface area contributed by atoms with E-state index in [0.29, 0.717) is 16.2 Å². The Morgan fingerprint density at radius 3 is 2.34 bits per heavy atom. The van der Waals surface area contributed by atoms with E-state index < -0.39 is 30.2 Å². The molecule has 1 aliphatic heterocycles. The number of aliphatic carboxylic acids is 2. The molecule has 0 spiro atoms. The molecule has 9 nitrogen and oxygen atoms in total. The second-order valence-electron chi connectivity index (χ2n) is 5.80. The number of nitrogens with zero attached hydrogens (tertiary/aromatic N) is 2. The Hall–Kier alpha value is -3.57. The highest BCUT2D eigenvalue weighted by molar-refractivity contribution is 6.27. The summed E-state index contributed by atoms with van der Waals surface area (Å²) >= 11 is 0. The lowest BCUT2D eigenvalue weighted by Crippen LogP contribution is -2.46. The molecule has 0 radical (unpaired) electrons. The van der Waals surface area contributed by atoms with Crippen molar-refractivity contribution in [3.63, 3.8) is 0 Å². The number of carbonyl (C=O) groups is 3. The van der Waals surface area contributed by atoms with Crippen LogP contribution in [0.5, 0.6) is 0 Å². The van der Waals surface area contributed by atoms with Gasteiger partial charge in [-0.3, -0.25) is 4.90 Å². The lowest BCUT2D eigenvalue weighted by Gasteiger charge is -2.35. The highest BCUT2D eigenvalue weighted by Gasteiger charge is 2.51. The predicted octanol–water partition coefficient (Wildman–Crippen LogP) is 2.36. The van der Waals surface area contributed by atoms with Gasteiger partial charge in [-0.15, -0.1) is 0 Å². The second kappa shape index (κ2) is 9.08. The van der Waals surface area contributed by atoms with E-state index in [4.69, 9.17) is 24.5 Å². The fourth-order valence-corrected chi connectivity index (χ4v) is 2.61. The Bertz CT molecular complexity index is 857. The fourth-order valence-electron chi connectivity index (χ4n) is 2.61. The predicted molar refractivity (Wildman–Crippen MR) is 89.7 cm³/mol. The van der Waals surface area contributed by atoms with Crippen molar-refractivity contribution in [2.75, 3.05) is 6.54 Å². The zero-order valence-corrected chi connectivity index (χ0v) is 14.7. The summed E-state index contributed by atoms with van der Waals surface area (Å²) in [4.78, 5) is 37.4. The molecule has 1 aliphatic rings. The quantitative estimate of drug-likeness (QED) is 0.642. The van der Waals surface area contributed by atoms with E-state index in [1.165, 1.54) is 6.33 Å². The number of halogens is 3.